The third kappa shape index (κ3) is 3.91. The van der Waals surface area contributed by atoms with Crippen molar-refractivity contribution >= 4 is 0 Å². The molecule has 0 aromatic carbocycles. The van der Waals surface area contributed by atoms with Crippen LogP contribution in [0.15, 0.2) is 0 Å². The van der Waals surface area contributed by atoms with E-state index in [9.17, 15) is 5.11 Å². The molecule has 0 radical (unpaired) electrons. The van der Waals surface area contributed by atoms with Crippen LogP contribution in [0.3, 0.4) is 0 Å². The molecule has 112 valence electrons. The number of hydrogen-bond donors (Lipinski definition) is 1. The van der Waals surface area contributed by atoms with Gasteiger partial charge >= 0.3 is 0 Å². The molecule has 0 bridgehead atoms. The minimum absolute atomic E-state index is 0.0732. The molecule has 0 aliphatic heterocycles. The predicted molar refractivity (Wildman–Crippen MR) is 73.1 cm³/mol. The maximum Gasteiger partial charge on any atom is 0.110 e. The van der Waals surface area contributed by atoms with Crippen molar-refractivity contribution in [1.29, 1.82) is 0 Å². The molecule has 5 atom stereocenters. The van der Waals surface area contributed by atoms with Crippen molar-refractivity contribution in [2.75, 3.05) is 20.3 Å². The van der Waals surface area contributed by atoms with Crippen LogP contribution in [0.5, 0.6) is 0 Å². The van der Waals surface area contributed by atoms with Crippen molar-refractivity contribution in [2.24, 2.45) is 5.92 Å². The molecule has 2 aliphatic carbocycles. The molecule has 2 saturated carbocycles. The summed E-state index contributed by atoms with van der Waals surface area (Å²) in [5.41, 5.74) is 0. The van der Waals surface area contributed by atoms with E-state index in [2.05, 4.69) is 6.92 Å². The van der Waals surface area contributed by atoms with Gasteiger partial charge in [0.1, 0.15) is 6.10 Å². The molecule has 0 aromatic rings. The Bertz CT molecular complexity index is 259. The van der Waals surface area contributed by atoms with E-state index in [1.54, 1.807) is 7.11 Å². The molecule has 4 nitrogen and oxygen atoms in total. The second kappa shape index (κ2) is 7.58. The van der Waals surface area contributed by atoms with Gasteiger partial charge in [-0.05, 0) is 18.8 Å². The molecule has 1 N–H and O–H groups in total. The fourth-order valence-corrected chi connectivity index (χ4v) is 3.22. The summed E-state index contributed by atoms with van der Waals surface area (Å²) in [5, 5.41) is 9.78. The first-order chi connectivity index (χ1) is 9.26. The first kappa shape index (κ1) is 15.2. The molecule has 2 rings (SSSR count). The summed E-state index contributed by atoms with van der Waals surface area (Å²) in [6.07, 6.45) is 6.86. The van der Waals surface area contributed by atoms with Crippen LogP contribution in [0, 0.1) is 5.92 Å². The zero-order valence-corrected chi connectivity index (χ0v) is 12.2. The summed E-state index contributed by atoms with van der Waals surface area (Å²) in [6.45, 7) is 3.34. The van der Waals surface area contributed by atoms with Gasteiger partial charge in [0.05, 0.1) is 31.5 Å². The summed E-state index contributed by atoms with van der Waals surface area (Å²) in [5.74, 6) is 0.686. The molecule has 0 amide bonds. The minimum atomic E-state index is -0.370. The highest BCUT2D eigenvalue weighted by Crippen LogP contribution is 2.35. The molecule has 5 unspecified atom stereocenters. The average Bonchev–Trinajstić information content (AvgIpc) is 2.43. The molecular formula is C15H28O4. The Morgan fingerprint density at radius 3 is 2.58 bits per heavy atom. The lowest BCUT2D eigenvalue weighted by Gasteiger charge is -2.44. The van der Waals surface area contributed by atoms with Crippen LogP contribution < -0.4 is 0 Å². The molecule has 2 aliphatic rings. The van der Waals surface area contributed by atoms with Crippen molar-refractivity contribution in [3.63, 3.8) is 0 Å². The van der Waals surface area contributed by atoms with E-state index in [0.29, 0.717) is 31.7 Å². The Balaban J connectivity index is 1.77. The zero-order valence-electron chi connectivity index (χ0n) is 12.2. The van der Waals surface area contributed by atoms with Crippen molar-refractivity contribution in [1.82, 2.24) is 0 Å². The topological polar surface area (TPSA) is 47.9 Å². The molecule has 0 aromatic heterocycles. The second-order valence-electron chi connectivity index (χ2n) is 5.80. The van der Waals surface area contributed by atoms with Crippen molar-refractivity contribution in [3.8, 4) is 0 Å². The lowest BCUT2D eigenvalue weighted by molar-refractivity contribution is -0.219. The van der Waals surface area contributed by atoms with E-state index in [4.69, 9.17) is 14.2 Å². The highest BCUT2D eigenvalue weighted by Gasteiger charge is 2.44. The third-order valence-corrected chi connectivity index (χ3v) is 4.53. The van der Waals surface area contributed by atoms with Gasteiger partial charge in [-0.15, -0.1) is 0 Å². The van der Waals surface area contributed by atoms with Crippen LogP contribution in [0.4, 0.5) is 0 Å². The van der Waals surface area contributed by atoms with Gasteiger partial charge in [0.2, 0.25) is 0 Å². The fourth-order valence-electron chi connectivity index (χ4n) is 3.22. The summed E-state index contributed by atoms with van der Waals surface area (Å²) >= 11 is 0. The normalized spacial score (nSPS) is 39.0. The Morgan fingerprint density at radius 1 is 1.11 bits per heavy atom. The number of methoxy groups -OCH3 is 1. The Hall–Kier alpha value is -0.160. The molecule has 0 spiro atoms. The standard InChI is InChI=1S/C15H28O4/c1-3-11-6-4-5-7-13(11)19-14-10-12(16)15(14)18-9-8-17-2/h11-16H,3-10H2,1-2H3. The van der Waals surface area contributed by atoms with Gasteiger partial charge in [-0.1, -0.05) is 26.2 Å². The van der Waals surface area contributed by atoms with Crippen LogP contribution >= 0.6 is 0 Å². The third-order valence-electron chi connectivity index (χ3n) is 4.53. The molecule has 0 saturated heterocycles. The fraction of sp³-hybridized carbons (Fsp3) is 1.00. The van der Waals surface area contributed by atoms with Crippen LogP contribution in [0.1, 0.15) is 45.4 Å². The highest BCUT2D eigenvalue weighted by atomic mass is 16.6. The number of aliphatic hydroxyl groups is 1. The molecule has 4 heteroatoms. The van der Waals surface area contributed by atoms with Gasteiger partial charge in [-0.2, -0.15) is 0 Å². The Morgan fingerprint density at radius 2 is 1.89 bits per heavy atom. The van der Waals surface area contributed by atoms with Crippen molar-refractivity contribution < 1.29 is 19.3 Å². The summed E-state index contributed by atoms with van der Waals surface area (Å²) in [4.78, 5) is 0. The van der Waals surface area contributed by atoms with Gasteiger partial charge in [-0.25, -0.2) is 0 Å². The minimum Gasteiger partial charge on any atom is -0.390 e. The Kier molecular flexibility index (Phi) is 6.07. The largest absolute Gasteiger partial charge is 0.390 e. The number of rotatable bonds is 7. The van der Waals surface area contributed by atoms with Gasteiger partial charge < -0.3 is 19.3 Å². The molecule has 2 fully saturated rings. The smallest absolute Gasteiger partial charge is 0.110 e. The van der Waals surface area contributed by atoms with Crippen LogP contribution in [-0.4, -0.2) is 49.8 Å². The van der Waals surface area contributed by atoms with E-state index in [-0.39, 0.29) is 18.3 Å². The summed E-state index contributed by atoms with van der Waals surface area (Å²) in [6, 6.07) is 0. The van der Waals surface area contributed by atoms with Gasteiger partial charge in [0.15, 0.2) is 0 Å². The predicted octanol–water partition coefficient (Wildman–Crippen LogP) is 2.14. The van der Waals surface area contributed by atoms with Gasteiger partial charge in [0.25, 0.3) is 0 Å². The summed E-state index contributed by atoms with van der Waals surface area (Å²) < 4.78 is 16.8. The quantitative estimate of drug-likeness (QED) is 0.721. The zero-order chi connectivity index (χ0) is 13.7. The monoisotopic (exact) mass is 272 g/mol. The lowest BCUT2D eigenvalue weighted by Crippen LogP contribution is -2.55. The molecule has 19 heavy (non-hydrogen) atoms. The molecule has 0 heterocycles. The van der Waals surface area contributed by atoms with Crippen LogP contribution in [-0.2, 0) is 14.2 Å². The van der Waals surface area contributed by atoms with E-state index in [1.165, 1.54) is 25.7 Å². The van der Waals surface area contributed by atoms with E-state index >= 15 is 0 Å². The van der Waals surface area contributed by atoms with E-state index in [1.807, 2.05) is 0 Å². The second-order valence-corrected chi connectivity index (χ2v) is 5.80. The first-order valence-electron chi connectivity index (χ1n) is 7.70. The highest BCUT2D eigenvalue weighted by molar-refractivity contribution is 4.93. The first-order valence-corrected chi connectivity index (χ1v) is 7.70. The summed E-state index contributed by atoms with van der Waals surface area (Å²) in [7, 11) is 1.66. The molecular weight excluding hydrogens is 244 g/mol. The van der Waals surface area contributed by atoms with E-state index in [0.717, 1.165) is 6.42 Å². The van der Waals surface area contributed by atoms with E-state index < -0.39 is 0 Å². The Labute approximate surface area is 116 Å². The van der Waals surface area contributed by atoms with Crippen LogP contribution in [0.25, 0.3) is 0 Å². The van der Waals surface area contributed by atoms with Gasteiger partial charge in [0, 0.05) is 13.5 Å². The SMILES string of the molecule is CCC1CCCCC1OC1CC(O)C1OCCOC. The number of ether oxygens (including phenoxy) is 3. The maximum atomic E-state index is 9.78. The lowest BCUT2D eigenvalue weighted by atomic mass is 9.83. The maximum absolute atomic E-state index is 9.78. The number of aliphatic hydroxyl groups excluding tert-OH is 1. The van der Waals surface area contributed by atoms with Crippen molar-refractivity contribution in [3.05, 3.63) is 0 Å². The van der Waals surface area contributed by atoms with Crippen molar-refractivity contribution in [2.45, 2.75) is 69.9 Å². The number of hydrogen-bond acceptors (Lipinski definition) is 4. The average molecular weight is 272 g/mol. The van der Waals surface area contributed by atoms with Crippen LogP contribution in [0.2, 0.25) is 0 Å². The van der Waals surface area contributed by atoms with Gasteiger partial charge in [-0.3, -0.25) is 0 Å².